The van der Waals surface area contributed by atoms with E-state index in [0.29, 0.717) is 30.5 Å². The molecule has 1 saturated heterocycles. The SMILES string of the molecule is CNCC1CCCN(S(=O)(=O)c2ccc(CCOC)cc2)C1. The van der Waals surface area contributed by atoms with Crippen molar-refractivity contribution in [1.82, 2.24) is 9.62 Å². The number of ether oxygens (including phenoxy) is 1. The first-order chi connectivity index (χ1) is 10.6. The predicted molar refractivity (Wildman–Crippen MR) is 87.4 cm³/mol. The van der Waals surface area contributed by atoms with Crippen molar-refractivity contribution in [3.05, 3.63) is 29.8 Å². The van der Waals surface area contributed by atoms with Crippen LogP contribution < -0.4 is 5.32 Å². The summed E-state index contributed by atoms with van der Waals surface area (Å²) in [5.74, 6) is 0.398. The Morgan fingerprint density at radius 2 is 2.05 bits per heavy atom. The molecule has 6 heteroatoms. The summed E-state index contributed by atoms with van der Waals surface area (Å²) in [6.45, 7) is 2.73. The highest BCUT2D eigenvalue weighted by molar-refractivity contribution is 7.89. The molecule has 0 aliphatic carbocycles. The van der Waals surface area contributed by atoms with Crippen LogP contribution in [0.3, 0.4) is 0 Å². The van der Waals surface area contributed by atoms with Crippen molar-refractivity contribution < 1.29 is 13.2 Å². The zero-order valence-electron chi connectivity index (χ0n) is 13.4. The monoisotopic (exact) mass is 326 g/mol. The highest BCUT2D eigenvalue weighted by atomic mass is 32.2. The van der Waals surface area contributed by atoms with Crippen molar-refractivity contribution in [2.24, 2.45) is 5.92 Å². The van der Waals surface area contributed by atoms with Gasteiger partial charge < -0.3 is 10.1 Å². The maximum atomic E-state index is 12.7. The number of benzene rings is 1. The largest absolute Gasteiger partial charge is 0.384 e. The molecule has 1 aromatic rings. The highest BCUT2D eigenvalue weighted by Gasteiger charge is 2.29. The van der Waals surface area contributed by atoms with Crippen LogP contribution in [0.1, 0.15) is 18.4 Å². The molecule has 22 heavy (non-hydrogen) atoms. The van der Waals surface area contributed by atoms with Crippen LogP contribution in [0.25, 0.3) is 0 Å². The smallest absolute Gasteiger partial charge is 0.243 e. The van der Waals surface area contributed by atoms with Gasteiger partial charge in [0.15, 0.2) is 0 Å². The minimum atomic E-state index is -3.38. The Morgan fingerprint density at radius 1 is 1.32 bits per heavy atom. The standard InChI is InChI=1S/C16H26N2O3S/c1-17-12-15-4-3-10-18(13-15)22(19,20)16-7-5-14(6-8-16)9-11-21-2/h5-8,15,17H,3-4,9-13H2,1-2H3. The average Bonchev–Trinajstić information content (AvgIpc) is 2.54. The highest BCUT2D eigenvalue weighted by Crippen LogP contribution is 2.23. The average molecular weight is 326 g/mol. The van der Waals surface area contributed by atoms with E-state index in [1.807, 2.05) is 19.2 Å². The van der Waals surface area contributed by atoms with Crippen LogP contribution in [0.2, 0.25) is 0 Å². The molecule has 0 bridgehead atoms. The van der Waals surface area contributed by atoms with Crippen molar-refractivity contribution in [3.8, 4) is 0 Å². The fraction of sp³-hybridized carbons (Fsp3) is 0.625. The summed E-state index contributed by atoms with van der Waals surface area (Å²) in [5.41, 5.74) is 1.09. The second-order valence-electron chi connectivity index (χ2n) is 5.82. The first-order valence-corrected chi connectivity index (χ1v) is 9.24. The van der Waals surface area contributed by atoms with E-state index >= 15 is 0 Å². The van der Waals surface area contributed by atoms with Gasteiger partial charge in [-0.25, -0.2) is 8.42 Å². The number of sulfonamides is 1. The molecule has 1 atom stereocenters. The molecule has 1 aliphatic heterocycles. The zero-order valence-corrected chi connectivity index (χ0v) is 14.2. The van der Waals surface area contributed by atoms with Crippen molar-refractivity contribution >= 4 is 10.0 Å². The Bertz CT molecular complexity index is 555. The first-order valence-electron chi connectivity index (χ1n) is 7.80. The molecule has 1 aliphatic rings. The van der Waals surface area contributed by atoms with Crippen LogP contribution in [0, 0.1) is 5.92 Å². The van der Waals surface area contributed by atoms with Gasteiger partial charge in [-0.05, 0) is 56.5 Å². The topological polar surface area (TPSA) is 58.6 Å². The molecule has 0 saturated carbocycles. The predicted octanol–water partition coefficient (Wildman–Crippen LogP) is 1.50. The number of hydrogen-bond acceptors (Lipinski definition) is 4. The second-order valence-corrected chi connectivity index (χ2v) is 7.75. The summed E-state index contributed by atoms with van der Waals surface area (Å²) in [6.07, 6.45) is 2.81. The van der Waals surface area contributed by atoms with Crippen LogP contribution in [0.4, 0.5) is 0 Å². The molecular weight excluding hydrogens is 300 g/mol. The Labute approximate surface area is 133 Å². The fourth-order valence-corrected chi connectivity index (χ4v) is 4.45. The summed E-state index contributed by atoms with van der Waals surface area (Å²) in [7, 11) is 0.196. The number of nitrogens with one attached hydrogen (secondary N) is 1. The van der Waals surface area contributed by atoms with Crippen LogP contribution in [0.5, 0.6) is 0 Å². The van der Waals surface area contributed by atoms with Crippen molar-refractivity contribution in [2.75, 3.05) is 40.4 Å². The van der Waals surface area contributed by atoms with Gasteiger partial charge in [-0.3, -0.25) is 0 Å². The van der Waals surface area contributed by atoms with Crippen molar-refractivity contribution in [1.29, 1.82) is 0 Å². The lowest BCUT2D eigenvalue weighted by Crippen LogP contribution is -2.42. The molecule has 1 unspecified atom stereocenters. The summed E-state index contributed by atoms with van der Waals surface area (Å²) < 4.78 is 32.2. The van der Waals surface area contributed by atoms with Gasteiger partial charge in [0.1, 0.15) is 0 Å². The van der Waals surface area contributed by atoms with Gasteiger partial charge in [-0.2, -0.15) is 4.31 Å². The van der Waals surface area contributed by atoms with Gasteiger partial charge in [0, 0.05) is 20.2 Å². The molecule has 0 amide bonds. The summed E-state index contributed by atoms with van der Waals surface area (Å²) in [6, 6.07) is 7.17. The molecule has 0 aromatic heterocycles. The van der Waals surface area contributed by atoms with Gasteiger partial charge in [0.25, 0.3) is 0 Å². The molecule has 1 aromatic carbocycles. The number of methoxy groups -OCH3 is 1. The lowest BCUT2D eigenvalue weighted by molar-refractivity contribution is 0.202. The Morgan fingerprint density at radius 3 is 2.68 bits per heavy atom. The minimum Gasteiger partial charge on any atom is -0.384 e. The van der Waals surface area contributed by atoms with E-state index < -0.39 is 10.0 Å². The molecular formula is C16H26N2O3S. The zero-order chi connectivity index (χ0) is 16.0. The lowest BCUT2D eigenvalue weighted by Gasteiger charge is -2.31. The minimum absolute atomic E-state index is 0.388. The van der Waals surface area contributed by atoms with E-state index in [0.717, 1.165) is 31.4 Å². The Balaban J connectivity index is 2.08. The van der Waals surface area contributed by atoms with E-state index in [-0.39, 0.29) is 0 Å². The third kappa shape index (κ3) is 4.29. The summed E-state index contributed by atoms with van der Waals surface area (Å²) in [5, 5.41) is 3.14. The van der Waals surface area contributed by atoms with Crippen LogP contribution in [-0.4, -0.2) is 53.1 Å². The number of rotatable bonds is 7. The van der Waals surface area contributed by atoms with Crippen LogP contribution >= 0.6 is 0 Å². The van der Waals surface area contributed by atoms with Crippen molar-refractivity contribution in [3.63, 3.8) is 0 Å². The van der Waals surface area contributed by atoms with E-state index in [9.17, 15) is 8.42 Å². The van der Waals surface area contributed by atoms with Gasteiger partial charge in [0.05, 0.1) is 11.5 Å². The third-order valence-corrected chi connectivity index (χ3v) is 6.01. The molecule has 0 spiro atoms. The van der Waals surface area contributed by atoms with Gasteiger partial charge in [0.2, 0.25) is 10.0 Å². The molecule has 5 nitrogen and oxygen atoms in total. The van der Waals surface area contributed by atoms with Crippen LogP contribution in [-0.2, 0) is 21.2 Å². The summed E-state index contributed by atoms with van der Waals surface area (Å²) >= 11 is 0. The molecule has 1 N–H and O–H groups in total. The second kappa shape index (κ2) is 8.06. The molecule has 1 heterocycles. The normalized spacial score (nSPS) is 20.2. The van der Waals surface area contributed by atoms with E-state index in [1.165, 1.54) is 0 Å². The van der Waals surface area contributed by atoms with Gasteiger partial charge in [-0.15, -0.1) is 0 Å². The maximum Gasteiger partial charge on any atom is 0.243 e. The summed E-state index contributed by atoms with van der Waals surface area (Å²) in [4.78, 5) is 0.388. The number of piperidine rings is 1. The van der Waals surface area contributed by atoms with Gasteiger partial charge in [-0.1, -0.05) is 12.1 Å². The lowest BCUT2D eigenvalue weighted by atomic mass is 10.00. The molecule has 124 valence electrons. The Hall–Kier alpha value is -0.950. The molecule has 2 rings (SSSR count). The van der Waals surface area contributed by atoms with Gasteiger partial charge >= 0.3 is 0 Å². The first kappa shape index (κ1) is 17.4. The van der Waals surface area contributed by atoms with Crippen molar-refractivity contribution in [2.45, 2.75) is 24.2 Å². The Kier molecular flexibility index (Phi) is 6.37. The number of hydrogen-bond donors (Lipinski definition) is 1. The number of nitrogens with zero attached hydrogens (tertiary/aromatic N) is 1. The molecule has 1 fully saturated rings. The maximum absolute atomic E-state index is 12.7. The van der Waals surface area contributed by atoms with E-state index in [4.69, 9.17) is 4.74 Å². The van der Waals surface area contributed by atoms with Crippen LogP contribution in [0.15, 0.2) is 29.2 Å². The fourth-order valence-electron chi connectivity index (χ4n) is 2.90. The third-order valence-electron chi connectivity index (χ3n) is 4.13. The van der Waals surface area contributed by atoms with E-state index in [2.05, 4.69) is 5.32 Å². The quantitative estimate of drug-likeness (QED) is 0.825. The van der Waals surface area contributed by atoms with E-state index in [1.54, 1.807) is 23.5 Å². The molecule has 0 radical (unpaired) electrons.